The Morgan fingerprint density at radius 3 is 2.38 bits per heavy atom. The third-order valence-electron chi connectivity index (χ3n) is 8.99. The standard InChI is InChI=1S/C30H37F4N7O4/c1-28(2,44)13-20-26(40-45-39-20)27(43)38-25(18-5-7-29(31,32)8-6-18)21-15-41-22(36-21)10-19(14-35-41)24(17-3-4-17)37-23(42)9-16-11-30(33,34)12-16/h10,14-18,24-25,44H,3-9,11-13H2,1-2H3,(H,37,42)(H,38,43)/t24-,25?/m1/s1. The summed E-state index contributed by atoms with van der Waals surface area (Å²) in [5.74, 6) is -6.87. The van der Waals surface area contributed by atoms with E-state index in [4.69, 9.17) is 9.61 Å². The first kappa shape index (κ1) is 31.4. The molecule has 1 unspecified atom stereocenters. The molecule has 0 spiro atoms. The molecule has 3 aliphatic rings. The number of alkyl halides is 4. The Balaban J connectivity index is 1.23. The minimum absolute atomic E-state index is 0.00642. The average molecular weight is 636 g/mol. The molecule has 3 aliphatic carbocycles. The zero-order valence-corrected chi connectivity index (χ0v) is 25.1. The average Bonchev–Trinajstić information content (AvgIpc) is 3.52. The third kappa shape index (κ3) is 7.45. The van der Waals surface area contributed by atoms with Crippen LogP contribution in [0.15, 0.2) is 23.1 Å². The van der Waals surface area contributed by atoms with E-state index in [1.807, 2.05) is 0 Å². The SMILES string of the molecule is CC(C)(O)Cc1nonc1C(=O)NC(c1cn2ncc([C@H](NC(=O)CC3CC(F)(F)C3)C3CC3)cc2n1)C1CCC(F)(F)CC1. The van der Waals surface area contributed by atoms with Crippen LogP contribution in [0.3, 0.4) is 0 Å². The Kier molecular flexibility index (Phi) is 8.11. The smallest absolute Gasteiger partial charge is 0.276 e. The number of nitrogens with one attached hydrogen (secondary N) is 2. The van der Waals surface area contributed by atoms with E-state index in [9.17, 15) is 32.3 Å². The normalized spacial score (nSPS) is 21.7. The predicted octanol–water partition coefficient (Wildman–Crippen LogP) is 4.73. The van der Waals surface area contributed by atoms with E-state index in [2.05, 4.69) is 26.0 Å². The molecule has 0 bridgehead atoms. The lowest BCUT2D eigenvalue weighted by Crippen LogP contribution is -2.39. The molecule has 0 aliphatic heterocycles. The maximum Gasteiger partial charge on any atom is 0.276 e. The number of halogens is 4. The molecule has 244 valence electrons. The van der Waals surface area contributed by atoms with Crippen LogP contribution in [-0.4, -0.2) is 59.3 Å². The number of rotatable bonds is 11. The van der Waals surface area contributed by atoms with Gasteiger partial charge < -0.3 is 15.7 Å². The number of carbonyl (C=O) groups is 2. The van der Waals surface area contributed by atoms with Crippen molar-refractivity contribution in [3.63, 3.8) is 0 Å². The molecule has 3 fully saturated rings. The number of nitrogens with zero attached hydrogens (tertiary/aromatic N) is 5. The molecule has 45 heavy (non-hydrogen) atoms. The van der Waals surface area contributed by atoms with Gasteiger partial charge in [-0.15, -0.1) is 0 Å². The second-order valence-corrected chi connectivity index (χ2v) is 13.7. The summed E-state index contributed by atoms with van der Waals surface area (Å²) in [5.41, 5.74) is 0.443. The van der Waals surface area contributed by atoms with Gasteiger partial charge in [-0.3, -0.25) is 9.59 Å². The van der Waals surface area contributed by atoms with Gasteiger partial charge in [0.05, 0.1) is 35.8 Å². The lowest BCUT2D eigenvalue weighted by Gasteiger charge is -2.34. The Bertz CT molecular complexity index is 1550. The highest BCUT2D eigenvalue weighted by atomic mass is 19.3. The second-order valence-electron chi connectivity index (χ2n) is 13.7. The summed E-state index contributed by atoms with van der Waals surface area (Å²) in [7, 11) is 0. The van der Waals surface area contributed by atoms with Crippen molar-refractivity contribution in [2.45, 2.75) is 108 Å². The number of fused-ring (bicyclic) bond motifs is 1. The van der Waals surface area contributed by atoms with E-state index in [-0.39, 0.29) is 92.5 Å². The van der Waals surface area contributed by atoms with Crippen LogP contribution in [0.5, 0.6) is 0 Å². The molecule has 0 saturated heterocycles. The van der Waals surface area contributed by atoms with Gasteiger partial charge in [0.2, 0.25) is 17.8 Å². The maximum absolute atomic E-state index is 14.1. The highest BCUT2D eigenvalue weighted by Gasteiger charge is 2.46. The number of hydrogen-bond acceptors (Lipinski definition) is 8. The summed E-state index contributed by atoms with van der Waals surface area (Å²) >= 11 is 0. The van der Waals surface area contributed by atoms with Crippen molar-refractivity contribution in [1.29, 1.82) is 0 Å². The first-order valence-electron chi connectivity index (χ1n) is 15.4. The van der Waals surface area contributed by atoms with Gasteiger partial charge in [-0.2, -0.15) is 5.10 Å². The Morgan fingerprint density at radius 2 is 1.73 bits per heavy atom. The molecule has 3 heterocycles. The van der Waals surface area contributed by atoms with Gasteiger partial charge >= 0.3 is 0 Å². The van der Waals surface area contributed by atoms with Crippen LogP contribution in [0.1, 0.15) is 111 Å². The van der Waals surface area contributed by atoms with Crippen molar-refractivity contribution in [1.82, 2.24) is 35.5 Å². The summed E-state index contributed by atoms with van der Waals surface area (Å²) in [6.45, 7) is 3.11. The highest BCUT2D eigenvalue weighted by Crippen LogP contribution is 2.45. The van der Waals surface area contributed by atoms with Gasteiger partial charge in [-0.25, -0.2) is 31.7 Å². The van der Waals surface area contributed by atoms with E-state index in [0.717, 1.165) is 18.4 Å². The molecular formula is C30H37F4N7O4. The molecule has 15 heteroatoms. The van der Waals surface area contributed by atoms with Gasteiger partial charge in [0.25, 0.3) is 5.91 Å². The number of aliphatic hydroxyl groups is 1. The third-order valence-corrected chi connectivity index (χ3v) is 8.99. The summed E-state index contributed by atoms with van der Waals surface area (Å²) < 4.78 is 61.0. The van der Waals surface area contributed by atoms with Gasteiger partial charge in [-0.1, -0.05) is 5.16 Å². The fourth-order valence-electron chi connectivity index (χ4n) is 6.50. The minimum Gasteiger partial charge on any atom is -0.390 e. The summed E-state index contributed by atoms with van der Waals surface area (Å²) in [4.78, 5) is 30.9. The molecule has 0 aromatic carbocycles. The van der Waals surface area contributed by atoms with Crippen molar-refractivity contribution in [2.24, 2.45) is 17.8 Å². The van der Waals surface area contributed by atoms with Crippen molar-refractivity contribution in [3.05, 3.63) is 41.1 Å². The Hall–Kier alpha value is -3.62. The quantitative estimate of drug-likeness (QED) is 0.257. The van der Waals surface area contributed by atoms with Crippen LogP contribution in [0, 0.1) is 17.8 Å². The molecule has 3 aromatic rings. The van der Waals surface area contributed by atoms with Gasteiger partial charge in [0, 0.05) is 38.5 Å². The topological polar surface area (TPSA) is 148 Å². The van der Waals surface area contributed by atoms with Crippen molar-refractivity contribution >= 4 is 17.5 Å². The van der Waals surface area contributed by atoms with Gasteiger partial charge in [0.1, 0.15) is 5.69 Å². The van der Waals surface area contributed by atoms with Crippen LogP contribution < -0.4 is 10.6 Å². The van der Waals surface area contributed by atoms with Gasteiger partial charge in [-0.05, 0) is 74.1 Å². The molecule has 3 aromatic heterocycles. The number of amides is 2. The molecule has 3 N–H and O–H groups in total. The number of hydrogen-bond donors (Lipinski definition) is 3. The maximum atomic E-state index is 14.1. The summed E-state index contributed by atoms with van der Waals surface area (Å²) in [6, 6.07) is 0.680. The molecule has 3 saturated carbocycles. The fraction of sp³-hybridized carbons (Fsp3) is 0.667. The summed E-state index contributed by atoms with van der Waals surface area (Å²) in [6.07, 6.45) is 4.24. The van der Waals surface area contributed by atoms with Gasteiger partial charge in [0.15, 0.2) is 11.3 Å². The van der Waals surface area contributed by atoms with E-state index in [0.29, 0.717) is 11.3 Å². The van der Waals surface area contributed by atoms with Crippen molar-refractivity contribution in [3.8, 4) is 0 Å². The molecule has 11 nitrogen and oxygen atoms in total. The van der Waals surface area contributed by atoms with E-state index >= 15 is 0 Å². The lowest BCUT2D eigenvalue weighted by atomic mass is 9.79. The second kappa shape index (κ2) is 11.6. The van der Waals surface area contributed by atoms with Crippen molar-refractivity contribution < 1.29 is 36.9 Å². The molecule has 0 radical (unpaired) electrons. The molecule has 2 atom stereocenters. The molecule has 6 rings (SSSR count). The van der Waals surface area contributed by atoms with Crippen LogP contribution >= 0.6 is 0 Å². The Morgan fingerprint density at radius 1 is 1.04 bits per heavy atom. The van der Waals surface area contributed by atoms with E-state index in [1.165, 1.54) is 4.52 Å². The number of aromatic nitrogens is 5. The highest BCUT2D eigenvalue weighted by molar-refractivity contribution is 5.93. The Labute approximate surface area is 256 Å². The number of carbonyl (C=O) groups excluding carboxylic acids is 2. The minimum atomic E-state index is -2.78. The molecular weight excluding hydrogens is 598 g/mol. The molecule has 2 amide bonds. The lowest BCUT2D eigenvalue weighted by molar-refractivity contribution is -0.134. The predicted molar refractivity (Wildman–Crippen MR) is 150 cm³/mol. The first-order chi connectivity index (χ1) is 21.1. The fourth-order valence-corrected chi connectivity index (χ4v) is 6.50. The monoisotopic (exact) mass is 635 g/mol. The van der Waals surface area contributed by atoms with E-state index < -0.39 is 29.4 Å². The van der Waals surface area contributed by atoms with Crippen LogP contribution in [0.2, 0.25) is 0 Å². The van der Waals surface area contributed by atoms with Crippen molar-refractivity contribution in [2.75, 3.05) is 0 Å². The van der Waals surface area contributed by atoms with E-state index in [1.54, 1.807) is 32.3 Å². The number of imidazole rings is 1. The van der Waals surface area contributed by atoms with Crippen LogP contribution in [0.4, 0.5) is 17.6 Å². The zero-order valence-electron chi connectivity index (χ0n) is 25.1. The van der Waals surface area contributed by atoms with Crippen LogP contribution in [-0.2, 0) is 11.2 Å². The van der Waals surface area contributed by atoms with Crippen LogP contribution in [0.25, 0.3) is 5.65 Å². The largest absolute Gasteiger partial charge is 0.390 e. The zero-order chi connectivity index (χ0) is 32.1. The summed E-state index contributed by atoms with van der Waals surface area (Å²) in [5, 5.41) is 28.1. The first-order valence-corrected chi connectivity index (χ1v) is 15.4.